The molecule has 2 N–H and O–H groups in total. The molecule has 2 aliphatic carbocycles. The van der Waals surface area contributed by atoms with Gasteiger partial charge in [0.05, 0.1) is 45.9 Å². The van der Waals surface area contributed by atoms with Crippen LogP contribution in [0.4, 0.5) is 19.0 Å². The van der Waals surface area contributed by atoms with Crippen LogP contribution in [0.1, 0.15) is 63.7 Å². The molecule has 14 heteroatoms. The standard InChI is InChI=1S/C38H29F3N6O4S/c1-50-31-21-7-9-24(22(21)13-23(40)30(31)41)44-34-32-19(10-11-42-34)12-26(52-32)28-27(35-45-46-37(49)51-35)25(8-4-17-2-5-20(39)6-3-17)43-33-29(28)36(48)47-16-18-14-38(33,47)15-18/h2-3,5-6,10-13,18,24H,4,7-9,14-16H2,1H3,(H,42,44)(H,46,49). The molecule has 1 atom stereocenters. The van der Waals surface area contributed by atoms with Crippen LogP contribution < -0.4 is 15.8 Å². The number of benzene rings is 2. The second-order valence-corrected chi connectivity index (χ2v) is 15.0. The number of hydrogen-bond acceptors (Lipinski definition) is 9. The molecule has 0 radical (unpaired) electrons. The van der Waals surface area contributed by atoms with Crippen LogP contribution in [-0.2, 0) is 24.8 Å². The monoisotopic (exact) mass is 722 g/mol. The number of thiophene rings is 1. The molecule has 1 spiro atoms. The number of hydrogen-bond donors (Lipinski definition) is 2. The van der Waals surface area contributed by atoms with Crippen molar-refractivity contribution in [3.05, 3.63) is 110 Å². The first kappa shape index (κ1) is 31.3. The van der Waals surface area contributed by atoms with Crippen LogP contribution in [0.25, 0.3) is 32.0 Å². The van der Waals surface area contributed by atoms with E-state index >= 15 is 0 Å². The Kier molecular flexibility index (Phi) is 6.76. The molecule has 1 amide bonds. The summed E-state index contributed by atoms with van der Waals surface area (Å²) in [6.45, 7) is 0.662. The lowest BCUT2D eigenvalue weighted by molar-refractivity contribution is 0.0637. The fraction of sp³-hybridized carbons (Fsp3) is 0.289. The van der Waals surface area contributed by atoms with Crippen molar-refractivity contribution in [1.82, 2.24) is 25.1 Å². The van der Waals surface area contributed by atoms with E-state index in [1.54, 1.807) is 18.3 Å². The van der Waals surface area contributed by atoms with Gasteiger partial charge < -0.3 is 19.4 Å². The highest BCUT2D eigenvalue weighted by atomic mass is 32.1. The predicted octanol–water partition coefficient (Wildman–Crippen LogP) is 7.09. The zero-order valence-electron chi connectivity index (χ0n) is 27.7. The van der Waals surface area contributed by atoms with Crippen molar-refractivity contribution in [1.29, 1.82) is 0 Å². The SMILES string of the molecule is COc1c(F)c(F)cc2c1CCC2Nc1nccc2cc(-c3c4c(nc(CCc5ccc(F)cc5)c3-c3n[nH]c(=O)o3)C35CC(CN3C4=O)C5)sc12. The van der Waals surface area contributed by atoms with Crippen molar-refractivity contribution in [2.24, 2.45) is 5.92 Å². The van der Waals surface area contributed by atoms with E-state index in [4.69, 9.17) is 14.1 Å². The summed E-state index contributed by atoms with van der Waals surface area (Å²) in [6, 6.07) is 11.0. The third kappa shape index (κ3) is 4.45. The molecule has 2 saturated heterocycles. The fourth-order valence-corrected chi connectivity index (χ4v) is 10.1. The van der Waals surface area contributed by atoms with Gasteiger partial charge >= 0.3 is 5.76 Å². The fourth-order valence-electron chi connectivity index (χ4n) is 8.89. The summed E-state index contributed by atoms with van der Waals surface area (Å²) in [6.07, 6.45) is 5.37. The number of carbonyl (C=O) groups is 1. The Hall–Kier alpha value is -5.50. The van der Waals surface area contributed by atoms with Gasteiger partial charge in [-0.15, -0.1) is 16.4 Å². The quantitative estimate of drug-likeness (QED) is 0.171. The minimum absolute atomic E-state index is 0.0212. The number of pyridine rings is 2. The summed E-state index contributed by atoms with van der Waals surface area (Å²) in [5.74, 6) is -2.22. The van der Waals surface area contributed by atoms with Gasteiger partial charge in [0.15, 0.2) is 11.6 Å². The first-order chi connectivity index (χ1) is 25.2. The highest BCUT2D eigenvalue weighted by Gasteiger charge is 2.65. The highest BCUT2D eigenvalue weighted by molar-refractivity contribution is 7.23. The molecule has 262 valence electrons. The maximum atomic E-state index is 14.6. The van der Waals surface area contributed by atoms with Gasteiger partial charge in [0.1, 0.15) is 11.6 Å². The minimum Gasteiger partial charge on any atom is -0.493 e. The number of anilines is 1. The molecule has 2 aromatic carbocycles. The number of rotatable bonds is 8. The second kappa shape index (κ2) is 11.2. The summed E-state index contributed by atoms with van der Waals surface area (Å²) in [7, 11) is 1.33. The number of ether oxygens (including phenoxy) is 1. The average molecular weight is 723 g/mol. The van der Waals surface area contributed by atoms with E-state index < -0.39 is 22.9 Å². The molecule has 52 heavy (non-hydrogen) atoms. The van der Waals surface area contributed by atoms with Crippen LogP contribution in [0.2, 0.25) is 0 Å². The molecule has 3 fully saturated rings. The average Bonchev–Trinajstić information content (AvgIpc) is 3.97. The van der Waals surface area contributed by atoms with Crippen LogP contribution in [-0.4, -0.2) is 44.6 Å². The van der Waals surface area contributed by atoms with E-state index in [9.17, 15) is 22.8 Å². The number of methoxy groups -OCH3 is 1. The van der Waals surface area contributed by atoms with E-state index in [1.807, 2.05) is 17.0 Å². The Balaban J connectivity index is 1.14. The maximum Gasteiger partial charge on any atom is 0.434 e. The molecule has 6 aromatic rings. The van der Waals surface area contributed by atoms with Gasteiger partial charge in [0.2, 0.25) is 5.82 Å². The predicted molar refractivity (Wildman–Crippen MR) is 186 cm³/mol. The molecular formula is C38H29F3N6O4S. The van der Waals surface area contributed by atoms with Crippen LogP contribution in [0.5, 0.6) is 5.75 Å². The van der Waals surface area contributed by atoms with E-state index in [2.05, 4.69) is 20.5 Å². The topological polar surface area (TPSA) is 126 Å². The number of aryl methyl sites for hydroxylation is 2. The van der Waals surface area contributed by atoms with Gasteiger partial charge in [0.25, 0.3) is 11.8 Å². The third-order valence-corrected chi connectivity index (χ3v) is 12.3. The Labute approximate surface area is 297 Å². The first-order valence-electron chi connectivity index (χ1n) is 17.1. The maximum absolute atomic E-state index is 14.6. The first-order valence-corrected chi connectivity index (χ1v) is 17.9. The van der Waals surface area contributed by atoms with Crippen molar-refractivity contribution in [2.45, 2.75) is 50.1 Å². The van der Waals surface area contributed by atoms with Crippen molar-refractivity contribution in [2.75, 3.05) is 19.0 Å². The number of aromatic nitrogens is 4. The van der Waals surface area contributed by atoms with Gasteiger partial charge in [-0.1, -0.05) is 12.1 Å². The van der Waals surface area contributed by atoms with Gasteiger partial charge in [-0.2, -0.15) is 4.39 Å². The van der Waals surface area contributed by atoms with Crippen molar-refractivity contribution in [3.63, 3.8) is 0 Å². The van der Waals surface area contributed by atoms with Gasteiger partial charge in [-0.3, -0.25) is 9.78 Å². The molecular weight excluding hydrogens is 694 g/mol. The molecule has 10 nitrogen and oxygen atoms in total. The lowest BCUT2D eigenvalue weighted by Gasteiger charge is -2.37. The highest BCUT2D eigenvalue weighted by Crippen LogP contribution is 2.63. The van der Waals surface area contributed by atoms with Crippen LogP contribution in [0.15, 0.2) is 57.9 Å². The lowest BCUT2D eigenvalue weighted by atomic mass is 9.71. The molecule has 1 unspecified atom stereocenters. The summed E-state index contributed by atoms with van der Waals surface area (Å²) < 4.78 is 54.5. The van der Waals surface area contributed by atoms with E-state index in [1.165, 1.54) is 36.6 Å². The Morgan fingerprint density at radius 1 is 1.08 bits per heavy atom. The summed E-state index contributed by atoms with van der Waals surface area (Å²) in [5.41, 5.74) is 4.54. The molecule has 11 rings (SSSR count). The number of nitrogens with zero attached hydrogens (tertiary/aromatic N) is 4. The summed E-state index contributed by atoms with van der Waals surface area (Å²) >= 11 is 1.42. The number of amides is 1. The normalized spacial score (nSPS) is 21.0. The smallest absolute Gasteiger partial charge is 0.434 e. The Bertz CT molecular complexity index is 2540. The Morgan fingerprint density at radius 2 is 1.90 bits per heavy atom. The van der Waals surface area contributed by atoms with Crippen molar-refractivity contribution in [3.8, 4) is 27.6 Å². The second-order valence-electron chi connectivity index (χ2n) is 14.0. The van der Waals surface area contributed by atoms with E-state index in [-0.39, 0.29) is 29.4 Å². The third-order valence-electron chi connectivity index (χ3n) is 11.2. The molecule has 3 aliphatic heterocycles. The molecule has 4 aromatic heterocycles. The summed E-state index contributed by atoms with van der Waals surface area (Å²) in [4.78, 5) is 39.3. The molecule has 5 aliphatic rings. The van der Waals surface area contributed by atoms with Crippen molar-refractivity contribution >= 4 is 33.1 Å². The molecule has 2 bridgehead atoms. The minimum atomic E-state index is -0.998. The number of fused-ring (bicyclic) bond motifs is 3. The summed E-state index contributed by atoms with van der Waals surface area (Å²) in [5, 5.41) is 10.9. The number of nitrogens with one attached hydrogen (secondary N) is 2. The van der Waals surface area contributed by atoms with Crippen LogP contribution in [0.3, 0.4) is 0 Å². The van der Waals surface area contributed by atoms with E-state index in [0.717, 1.165) is 39.1 Å². The zero-order chi connectivity index (χ0) is 35.5. The number of H-pyrrole nitrogens is 1. The van der Waals surface area contributed by atoms with Crippen molar-refractivity contribution < 1.29 is 27.1 Å². The molecule has 1 saturated carbocycles. The molecule has 7 heterocycles. The lowest BCUT2D eigenvalue weighted by Crippen LogP contribution is -2.40. The van der Waals surface area contributed by atoms with E-state index in [0.29, 0.717) is 77.5 Å². The van der Waals surface area contributed by atoms with Crippen LogP contribution in [0, 0.1) is 23.4 Å². The van der Waals surface area contributed by atoms with Gasteiger partial charge in [-0.25, -0.2) is 23.7 Å². The largest absolute Gasteiger partial charge is 0.493 e. The number of carbonyl (C=O) groups excluding carboxylic acids is 1. The number of halogens is 3. The van der Waals surface area contributed by atoms with Gasteiger partial charge in [0, 0.05) is 28.7 Å². The number of aromatic amines is 1. The van der Waals surface area contributed by atoms with Gasteiger partial charge in [-0.05, 0) is 91.3 Å². The Morgan fingerprint density at radius 3 is 2.67 bits per heavy atom. The zero-order valence-corrected chi connectivity index (χ0v) is 28.5. The van der Waals surface area contributed by atoms with Crippen LogP contribution >= 0.6 is 11.3 Å².